The van der Waals surface area contributed by atoms with Crippen molar-refractivity contribution in [3.05, 3.63) is 47.4 Å². The molecule has 1 aliphatic rings. The summed E-state index contributed by atoms with van der Waals surface area (Å²) in [5.74, 6) is 0.924. The van der Waals surface area contributed by atoms with Gasteiger partial charge >= 0.3 is 0 Å². The van der Waals surface area contributed by atoms with E-state index in [-0.39, 0.29) is 0 Å². The van der Waals surface area contributed by atoms with Gasteiger partial charge in [-0.1, -0.05) is 24.3 Å². The van der Waals surface area contributed by atoms with Crippen molar-refractivity contribution in [2.45, 2.75) is 0 Å². The minimum atomic E-state index is 0.924. The highest BCUT2D eigenvalue weighted by atomic mass is 32.2. The second-order valence-corrected chi connectivity index (χ2v) is 3.74. The minimum Gasteiger partial charge on any atom is -0.420 e. The topological polar surface area (TPSA) is 9.23 Å². The Morgan fingerprint density at radius 2 is 1.86 bits per heavy atom. The first-order valence-corrected chi connectivity index (χ1v) is 5.13. The van der Waals surface area contributed by atoms with Crippen LogP contribution in [0, 0.1) is 5.41 Å². The molecule has 0 unspecified atom stereocenters. The number of benzene rings is 2. The molecule has 2 aromatic rings. The Balaban J connectivity index is 2.34. The van der Waals surface area contributed by atoms with Crippen molar-refractivity contribution in [1.29, 1.82) is 0 Å². The molecule has 2 heteroatoms. The molecule has 0 spiro atoms. The zero-order valence-corrected chi connectivity index (χ0v) is 8.17. The monoisotopic (exact) mass is 199 g/mol. The van der Waals surface area contributed by atoms with Crippen LogP contribution in [-0.2, 0) is 0 Å². The van der Waals surface area contributed by atoms with E-state index in [0.717, 1.165) is 11.3 Å². The van der Waals surface area contributed by atoms with Crippen molar-refractivity contribution >= 4 is 28.9 Å². The molecule has 0 saturated heterocycles. The summed E-state index contributed by atoms with van der Waals surface area (Å²) in [7, 11) is 0. The molecular weight excluding hydrogens is 192 g/mol. The van der Waals surface area contributed by atoms with Crippen molar-refractivity contribution in [3.63, 3.8) is 0 Å². The van der Waals surface area contributed by atoms with Gasteiger partial charge in [0.15, 0.2) is 0 Å². The number of hydrogen-bond donors (Lipinski definition) is 0. The SMILES string of the molecule is [C]1=Cc2cc3ccccc3cc2OS1. The summed E-state index contributed by atoms with van der Waals surface area (Å²) in [6.07, 6.45) is 1.95. The molecule has 1 nitrogen and oxygen atoms in total. The second-order valence-electron chi connectivity index (χ2n) is 3.17. The van der Waals surface area contributed by atoms with Crippen LogP contribution in [0.5, 0.6) is 5.75 Å². The van der Waals surface area contributed by atoms with E-state index in [1.807, 2.05) is 18.2 Å². The maximum Gasteiger partial charge on any atom is 0.145 e. The highest BCUT2D eigenvalue weighted by Gasteiger charge is 2.07. The molecule has 2 aromatic carbocycles. The van der Waals surface area contributed by atoms with E-state index in [9.17, 15) is 0 Å². The lowest BCUT2D eigenvalue weighted by Crippen LogP contribution is -1.88. The van der Waals surface area contributed by atoms with Gasteiger partial charge in [0.2, 0.25) is 0 Å². The maximum absolute atomic E-state index is 5.41. The van der Waals surface area contributed by atoms with Gasteiger partial charge in [-0.2, -0.15) is 0 Å². The van der Waals surface area contributed by atoms with Crippen molar-refractivity contribution in [2.24, 2.45) is 0 Å². The van der Waals surface area contributed by atoms with Gasteiger partial charge in [0.25, 0.3) is 0 Å². The van der Waals surface area contributed by atoms with Gasteiger partial charge < -0.3 is 4.18 Å². The summed E-state index contributed by atoms with van der Waals surface area (Å²) in [6, 6.07) is 12.5. The molecule has 0 aliphatic carbocycles. The lowest BCUT2D eigenvalue weighted by molar-refractivity contribution is 0.648. The fraction of sp³-hybridized carbons (Fsp3) is 0. The zero-order chi connectivity index (χ0) is 9.38. The van der Waals surface area contributed by atoms with Crippen LogP contribution in [0.25, 0.3) is 16.8 Å². The van der Waals surface area contributed by atoms with E-state index in [1.54, 1.807) is 0 Å². The molecule has 67 valence electrons. The molecule has 0 fully saturated rings. The Bertz CT molecular complexity index is 517. The maximum atomic E-state index is 5.41. The summed E-state index contributed by atoms with van der Waals surface area (Å²) in [5.41, 5.74) is 1.10. The average molecular weight is 199 g/mol. The molecule has 0 saturated carbocycles. The molecule has 0 atom stereocenters. The summed E-state index contributed by atoms with van der Waals surface area (Å²) in [5, 5.41) is 5.42. The summed E-state index contributed by atoms with van der Waals surface area (Å²) < 4.78 is 5.41. The Morgan fingerprint density at radius 1 is 1.07 bits per heavy atom. The Kier molecular flexibility index (Phi) is 1.74. The van der Waals surface area contributed by atoms with E-state index in [2.05, 4.69) is 29.7 Å². The summed E-state index contributed by atoms with van der Waals surface area (Å²) >= 11 is 1.24. The van der Waals surface area contributed by atoms with Gasteiger partial charge in [0.1, 0.15) is 5.75 Å². The third-order valence-corrected chi connectivity index (χ3v) is 2.75. The largest absolute Gasteiger partial charge is 0.420 e. The van der Waals surface area contributed by atoms with E-state index in [0.29, 0.717) is 0 Å². The van der Waals surface area contributed by atoms with Crippen molar-refractivity contribution in [3.8, 4) is 5.75 Å². The van der Waals surface area contributed by atoms with Crippen molar-refractivity contribution in [2.75, 3.05) is 0 Å². The standard InChI is InChI=1S/C12H7OS/c1-2-4-10-8-12-11(5-6-14-13-12)7-9(10)3-1/h1-5,7-8H. The molecule has 0 N–H and O–H groups in total. The van der Waals surface area contributed by atoms with Crippen LogP contribution in [0.15, 0.2) is 36.4 Å². The Morgan fingerprint density at radius 3 is 2.71 bits per heavy atom. The molecule has 1 aliphatic heterocycles. The molecule has 14 heavy (non-hydrogen) atoms. The number of fused-ring (bicyclic) bond motifs is 2. The average Bonchev–Trinajstić information content (AvgIpc) is 2.26. The molecule has 0 aromatic heterocycles. The van der Waals surface area contributed by atoms with Gasteiger partial charge in [-0.3, -0.25) is 0 Å². The number of hydrogen-bond acceptors (Lipinski definition) is 2. The van der Waals surface area contributed by atoms with E-state index in [4.69, 9.17) is 4.18 Å². The van der Waals surface area contributed by atoms with Crippen LogP contribution >= 0.6 is 12.0 Å². The van der Waals surface area contributed by atoms with E-state index >= 15 is 0 Å². The highest BCUT2D eigenvalue weighted by Crippen LogP contribution is 2.32. The van der Waals surface area contributed by atoms with Crippen molar-refractivity contribution < 1.29 is 4.18 Å². The Hall–Kier alpha value is -1.41. The smallest absolute Gasteiger partial charge is 0.145 e. The fourth-order valence-electron chi connectivity index (χ4n) is 1.58. The third kappa shape index (κ3) is 1.19. The predicted molar refractivity (Wildman–Crippen MR) is 59.9 cm³/mol. The van der Waals surface area contributed by atoms with Crippen LogP contribution in [0.2, 0.25) is 0 Å². The zero-order valence-electron chi connectivity index (χ0n) is 7.36. The first-order chi connectivity index (χ1) is 6.93. The molecule has 0 bridgehead atoms. The summed E-state index contributed by atoms with van der Waals surface area (Å²) in [4.78, 5) is 0. The lowest BCUT2D eigenvalue weighted by Gasteiger charge is -2.10. The molecule has 1 heterocycles. The quantitative estimate of drug-likeness (QED) is 0.599. The van der Waals surface area contributed by atoms with Crippen LogP contribution in [0.1, 0.15) is 5.56 Å². The highest BCUT2D eigenvalue weighted by molar-refractivity contribution is 7.96. The molecule has 3 rings (SSSR count). The minimum absolute atomic E-state index is 0.924. The molecule has 1 radical (unpaired) electrons. The second kappa shape index (κ2) is 3.07. The van der Waals surface area contributed by atoms with E-state index < -0.39 is 0 Å². The van der Waals surface area contributed by atoms with Gasteiger partial charge in [0.05, 0.1) is 17.5 Å². The first-order valence-electron chi connectivity index (χ1n) is 4.38. The van der Waals surface area contributed by atoms with E-state index in [1.165, 1.54) is 22.8 Å². The number of rotatable bonds is 0. The summed E-state index contributed by atoms with van der Waals surface area (Å²) in [6.45, 7) is 0. The van der Waals surface area contributed by atoms with Crippen molar-refractivity contribution in [1.82, 2.24) is 0 Å². The fourth-order valence-corrected chi connectivity index (χ4v) is 2.04. The van der Waals surface area contributed by atoms with Gasteiger partial charge in [-0.25, -0.2) is 0 Å². The third-order valence-electron chi connectivity index (χ3n) is 2.27. The first kappa shape index (κ1) is 7.94. The van der Waals surface area contributed by atoms with Crippen LogP contribution in [0.3, 0.4) is 0 Å². The lowest BCUT2D eigenvalue weighted by atomic mass is 10.1. The van der Waals surface area contributed by atoms with Gasteiger partial charge in [-0.15, -0.1) is 0 Å². The Labute approximate surface area is 86.6 Å². The van der Waals surface area contributed by atoms with Gasteiger partial charge in [0, 0.05) is 5.56 Å². The van der Waals surface area contributed by atoms with Crippen LogP contribution in [0.4, 0.5) is 0 Å². The molecular formula is C12H7OS. The van der Waals surface area contributed by atoms with Crippen LogP contribution in [-0.4, -0.2) is 0 Å². The van der Waals surface area contributed by atoms with Gasteiger partial charge in [-0.05, 0) is 29.0 Å². The molecule has 0 amide bonds. The van der Waals surface area contributed by atoms with Crippen LogP contribution < -0.4 is 4.18 Å². The normalized spacial score (nSPS) is 13.7. The predicted octanol–water partition coefficient (Wildman–Crippen LogP) is 3.65.